The number of hydrogen-bond acceptors (Lipinski definition) is 5. The van der Waals surface area contributed by atoms with Crippen LogP contribution in [0.15, 0.2) is 23.0 Å². The summed E-state index contributed by atoms with van der Waals surface area (Å²) < 4.78 is 14.5. The Morgan fingerprint density at radius 2 is 1.91 bits per heavy atom. The van der Waals surface area contributed by atoms with Gasteiger partial charge in [0, 0.05) is 12.1 Å². The average Bonchev–Trinajstić information content (AvgIpc) is 2.77. The first-order chi connectivity index (χ1) is 10.8. The maximum absolute atomic E-state index is 13.7. The van der Waals surface area contributed by atoms with E-state index in [0.717, 1.165) is 22.8 Å². The Morgan fingerprint density at radius 1 is 1.22 bits per heavy atom. The van der Waals surface area contributed by atoms with Crippen molar-refractivity contribution >= 4 is 29.2 Å². The molecule has 0 radical (unpaired) electrons. The summed E-state index contributed by atoms with van der Waals surface area (Å²) in [5.41, 5.74) is 4.37. The maximum atomic E-state index is 13.7. The number of nitriles is 1. The summed E-state index contributed by atoms with van der Waals surface area (Å²) in [7, 11) is 0. The minimum absolute atomic E-state index is 0.116. The molecule has 3 rings (SSSR count). The van der Waals surface area contributed by atoms with Crippen molar-refractivity contribution < 1.29 is 14.0 Å². The number of anilines is 1. The van der Waals surface area contributed by atoms with Crippen LogP contribution in [0.25, 0.3) is 5.69 Å². The van der Waals surface area contributed by atoms with Gasteiger partial charge in [0.25, 0.3) is 17.4 Å². The lowest BCUT2D eigenvalue weighted by atomic mass is 10.1. The number of carbonyl (C=O) groups excluding carboxylic acids is 2. The molecule has 1 aliphatic rings. The summed E-state index contributed by atoms with van der Waals surface area (Å²) in [5, 5.41) is 10.9. The van der Waals surface area contributed by atoms with Crippen molar-refractivity contribution in [2.45, 2.75) is 0 Å². The molecule has 0 aliphatic carbocycles. The van der Waals surface area contributed by atoms with E-state index in [4.69, 9.17) is 22.6 Å². The maximum Gasteiger partial charge on any atom is 0.262 e. The Morgan fingerprint density at radius 3 is 2.57 bits per heavy atom. The molecule has 23 heavy (non-hydrogen) atoms. The fourth-order valence-electron chi connectivity index (χ4n) is 2.34. The fourth-order valence-corrected chi connectivity index (χ4v) is 2.50. The summed E-state index contributed by atoms with van der Waals surface area (Å²) in [5.74, 6) is -2.75. The normalized spacial score (nSPS) is 12.7. The van der Waals surface area contributed by atoms with Crippen LogP contribution in [-0.2, 0) is 0 Å². The molecule has 3 N–H and O–H groups in total. The first kappa shape index (κ1) is 14.7. The summed E-state index contributed by atoms with van der Waals surface area (Å²) in [6.07, 6.45) is 0. The van der Waals surface area contributed by atoms with Crippen molar-refractivity contribution in [3.05, 3.63) is 56.1 Å². The highest BCUT2D eigenvalue weighted by Crippen LogP contribution is 2.27. The van der Waals surface area contributed by atoms with Crippen LogP contribution in [0, 0.1) is 17.1 Å². The van der Waals surface area contributed by atoms with E-state index in [9.17, 15) is 18.8 Å². The number of aromatic nitrogens is 1. The third kappa shape index (κ3) is 2.06. The lowest BCUT2D eigenvalue weighted by Gasteiger charge is -2.13. The zero-order chi connectivity index (χ0) is 16.9. The SMILES string of the molecule is N#Cc1cc(Cl)c(F)cc1-n1c(N)c2c(cc1=O)C(=O)NC2=O. The van der Waals surface area contributed by atoms with E-state index >= 15 is 0 Å². The van der Waals surface area contributed by atoms with Gasteiger partial charge in [0.15, 0.2) is 0 Å². The van der Waals surface area contributed by atoms with Crippen LogP contribution in [0.3, 0.4) is 0 Å². The molecule has 9 heteroatoms. The van der Waals surface area contributed by atoms with Crippen LogP contribution in [0.4, 0.5) is 10.2 Å². The molecule has 0 saturated heterocycles. The molecule has 0 atom stereocenters. The number of rotatable bonds is 1. The summed E-state index contributed by atoms with van der Waals surface area (Å²) >= 11 is 5.61. The third-order valence-electron chi connectivity index (χ3n) is 3.35. The number of halogens is 2. The topological polar surface area (TPSA) is 118 Å². The monoisotopic (exact) mass is 332 g/mol. The van der Waals surface area contributed by atoms with E-state index in [2.05, 4.69) is 0 Å². The molecule has 0 unspecified atom stereocenters. The van der Waals surface area contributed by atoms with E-state index < -0.39 is 23.2 Å². The number of carbonyl (C=O) groups is 2. The molecule has 1 aromatic carbocycles. The zero-order valence-corrected chi connectivity index (χ0v) is 11.9. The predicted molar refractivity (Wildman–Crippen MR) is 77.9 cm³/mol. The molecule has 0 bridgehead atoms. The number of nitrogens with one attached hydrogen (secondary N) is 1. The highest BCUT2D eigenvalue weighted by atomic mass is 35.5. The predicted octanol–water partition coefficient (Wildman–Crippen LogP) is 0.967. The zero-order valence-electron chi connectivity index (χ0n) is 11.2. The van der Waals surface area contributed by atoms with Gasteiger partial charge in [-0.3, -0.25) is 24.3 Å². The van der Waals surface area contributed by atoms with Gasteiger partial charge in [0.1, 0.15) is 17.7 Å². The molecule has 2 amide bonds. The molecule has 0 spiro atoms. The first-order valence-corrected chi connectivity index (χ1v) is 6.53. The second kappa shape index (κ2) is 4.93. The molecule has 1 aliphatic heterocycles. The summed E-state index contributed by atoms with van der Waals surface area (Å²) in [6.45, 7) is 0. The van der Waals surface area contributed by atoms with Gasteiger partial charge in [-0.25, -0.2) is 4.39 Å². The van der Waals surface area contributed by atoms with Crippen LogP contribution >= 0.6 is 11.6 Å². The van der Waals surface area contributed by atoms with E-state index in [0.29, 0.717) is 0 Å². The van der Waals surface area contributed by atoms with Crippen LogP contribution in [0.5, 0.6) is 0 Å². The quantitative estimate of drug-likeness (QED) is 0.754. The third-order valence-corrected chi connectivity index (χ3v) is 3.64. The number of pyridine rings is 1. The summed E-state index contributed by atoms with van der Waals surface area (Å²) in [4.78, 5) is 35.6. The Hall–Kier alpha value is -3.18. The number of nitrogen functional groups attached to an aromatic ring is 1. The minimum atomic E-state index is -0.868. The van der Waals surface area contributed by atoms with Gasteiger partial charge in [-0.05, 0) is 6.07 Å². The van der Waals surface area contributed by atoms with Crippen LogP contribution in [-0.4, -0.2) is 16.4 Å². The van der Waals surface area contributed by atoms with Gasteiger partial charge < -0.3 is 5.73 Å². The van der Waals surface area contributed by atoms with E-state index in [1.165, 1.54) is 0 Å². The van der Waals surface area contributed by atoms with Crippen LogP contribution in [0.1, 0.15) is 26.3 Å². The van der Waals surface area contributed by atoms with E-state index in [1.807, 2.05) is 5.32 Å². The summed E-state index contributed by atoms with van der Waals surface area (Å²) in [6, 6.07) is 4.57. The molecule has 2 heterocycles. The number of fused-ring (bicyclic) bond motifs is 1. The van der Waals surface area contributed by atoms with Gasteiger partial charge in [-0.15, -0.1) is 0 Å². The number of nitrogens with two attached hydrogens (primary N) is 1. The van der Waals surface area contributed by atoms with E-state index in [1.54, 1.807) is 6.07 Å². The average molecular weight is 333 g/mol. The lowest BCUT2D eigenvalue weighted by molar-refractivity contribution is 0.0880. The molecule has 7 nitrogen and oxygen atoms in total. The number of amides is 2. The van der Waals surface area contributed by atoms with Gasteiger partial charge in [-0.2, -0.15) is 5.26 Å². The smallest absolute Gasteiger partial charge is 0.262 e. The molecule has 0 saturated carbocycles. The van der Waals surface area contributed by atoms with Crippen molar-refractivity contribution in [3.63, 3.8) is 0 Å². The van der Waals surface area contributed by atoms with Gasteiger partial charge in [-0.1, -0.05) is 11.6 Å². The Balaban J connectivity index is 2.41. The highest BCUT2D eigenvalue weighted by molar-refractivity contribution is 6.31. The molecular formula is C14H6ClFN4O3. The van der Waals surface area contributed by atoms with Crippen LogP contribution < -0.4 is 16.6 Å². The van der Waals surface area contributed by atoms with Crippen molar-refractivity contribution in [3.8, 4) is 11.8 Å². The Labute approximate surface area is 132 Å². The van der Waals surface area contributed by atoms with Crippen molar-refractivity contribution in [2.24, 2.45) is 0 Å². The molecule has 1 aromatic heterocycles. The van der Waals surface area contributed by atoms with Crippen molar-refractivity contribution in [2.75, 3.05) is 5.73 Å². The molecule has 0 fully saturated rings. The number of hydrogen-bond donors (Lipinski definition) is 2. The fraction of sp³-hybridized carbons (Fsp3) is 0. The number of benzene rings is 1. The van der Waals surface area contributed by atoms with E-state index in [-0.39, 0.29) is 33.2 Å². The van der Waals surface area contributed by atoms with Crippen molar-refractivity contribution in [1.82, 2.24) is 9.88 Å². The molecule has 2 aromatic rings. The molecule has 114 valence electrons. The van der Waals surface area contributed by atoms with Gasteiger partial charge in [0.2, 0.25) is 0 Å². The van der Waals surface area contributed by atoms with Crippen molar-refractivity contribution in [1.29, 1.82) is 5.26 Å². The number of nitrogens with zero attached hydrogens (tertiary/aromatic N) is 2. The van der Waals surface area contributed by atoms with Gasteiger partial charge >= 0.3 is 0 Å². The number of imide groups is 1. The molecular weight excluding hydrogens is 327 g/mol. The minimum Gasteiger partial charge on any atom is -0.384 e. The Kier molecular flexibility index (Phi) is 3.16. The second-order valence-corrected chi connectivity index (χ2v) is 5.08. The first-order valence-electron chi connectivity index (χ1n) is 6.16. The van der Waals surface area contributed by atoms with Gasteiger partial charge in [0.05, 0.1) is 27.4 Å². The standard InChI is InChI=1S/C14H6ClFN4O3/c15-7-1-5(4-17)9(3-8(7)16)20-10(21)2-6-11(12(20)18)14(23)19-13(6)22/h1-3H,18H2,(H,19,22,23). The largest absolute Gasteiger partial charge is 0.384 e. The second-order valence-electron chi connectivity index (χ2n) is 4.67. The highest BCUT2D eigenvalue weighted by Gasteiger charge is 2.32. The lowest BCUT2D eigenvalue weighted by Crippen LogP contribution is -2.24. The Bertz CT molecular complexity index is 1010. The van der Waals surface area contributed by atoms with Crippen LogP contribution in [0.2, 0.25) is 5.02 Å².